The van der Waals surface area contributed by atoms with Crippen LogP contribution in [-0.2, 0) is 0 Å². The van der Waals surface area contributed by atoms with E-state index in [0.717, 1.165) is 5.50 Å². The third-order valence-electron chi connectivity index (χ3n) is 4.12. The monoisotopic (exact) mass is 288 g/mol. The Balaban J connectivity index is 2.60. The molecule has 1 atom stereocenters. The lowest BCUT2D eigenvalue weighted by Gasteiger charge is -2.21. The van der Waals surface area contributed by atoms with Gasteiger partial charge >= 0.3 is 0 Å². The fraction of sp³-hybridized carbons (Fsp3) is 0.294. The second-order valence-electron chi connectivity index (χ2n) is 5.29. The average Bonchev–Trinajstić information content (AvgIpc) is 2.42. The molecule has 100 valence electrons. The maximum atomic E-state index is 6.33. The van der Waals surface area contributed by atoms with Crippen LogP contribution in [-0.4, -0.2) is 14.3 Å². The van der Waals surface area contributed by atoms with Crippen molar-refractivity contribution in [3.63, 3.8) is 0 Å². The van der Waals surface area contributed by atoms with E-state index in [1.165, 1.54) is 32.6 Å². The van der Waals surface area contributed by atoms with Gasteiger partial charge in [0.2, 0.25) is 0 Å². The average molecular weight is 289 g/mol. The van der Waals surface area contributed by atoms with Crippen LogP contribution in [0.1, 0.15) is 22.3 Å². The van der Waals surface area contributed by atoms with Crippen molar-refractivity contribution in [3.8, 4) is 0 Å². The van der Waals surface area contributed by atoms with Crippen LogP contribution in [0, 0.1) is 27.7 Å². The summed E-state index contributed by atoms with van der Waals surface area (Å²) in [6.45, 7) is 8.89. The Morgan fingerprint density at radius 1 is 0.895 bits per heavy atom. The molecule has 2 rings (SSSR count). The van der Waals surface area contributed by atoms with E-state index in [9.17, 15) is 0 Å². The molecule has 0 aliphatic heterocycles. The highest BCUT2D eigenvalue weighted by Crippen LogP contribution is 2.14. The summed E-state index contributed by atoms with van der Waals surface area (Å²) < 4.78 is 0. The number of aryl methyl sites for hydroxylation is 2. The normalized spacial score (nSPS) is 12.5. The predicted molar refractivity (Wildman–Crippen MR) is 89.0 cm³/mol. The van der Waals surface area contributed by atoms with E-state index in [1.54, 1.807) is 0 Å². The molecule has 0 amide bonds. The van der Waals surface area contributed by atoms with Gasteiger partial charge < -0.3 is 0 Å². The van der Waals surface area contributed by atoms with Gasteiger partial charge in [-0.25, -0.2) is 0 Å². The predicted octanol–water partition coefficient (Wildman–Crippen LogP) is 3.04. The first-order chi connectivity index (χ1) is 9.06. The summed E-state index contributed by atoms with van der Waals surface area (Å²) in [5, 5.41) is 2.97. The second-order valence-corrected chi connectivity index (χ2v) is 8.88. The van der Waals surface area contributed by atoms with E-state index in [0.29, 0.717) is 0 Å². The Kier molecular flexibility index (Phi) is 4.49. The first kappa shape index (κ1) is 14.4. The Labute approximate surface area is 123 Å². The molecule has 1 unspecified atom stereocenters. The molecule has 0 nitrogen and oxygen atoms in total. The second kappa shape index (κ2) is 5.94. The smallest absolute Gasteiger partial charge is 0.118 e. The van der Waals surface area contributed by atoms with Crippen molar-refractivity contribution in [2.75, 3.05) is 5.50 Å². The number of alkyl halides is 1. The van der Waals surface area contributed by atoms with E-state index >= 15 is 0 Å². The molecule has 0 fully saturated rings. The van der Waals surface area contributed by atoms with Crippen LogP contribution in [0.15, 0.2) is 36.4 Å². The van der Waals surface area contributed by atoms with Crippen molar-refractivity contribution in [3.05, 3.63) is 58.7 Å². The van der Waals surface area contributed by atoms with Gasteiger partial charge in [-0.2, -0.15) is 0 Å². The first-order valence-electron chi connectivity index (χ1n) is 6.74. The molecule has 0 aliphatic carbocycles. The summed E-state index contributed by atoms with van der Waals surface area (Å²) in [4.78, 5) is 0. The summed E-state index contributed by atoms with van der Waals surface area (Å²) >= 11 is 6.33. The molecule has 2 aromatic rings. The van der Waals surface area contributed by atoms with Crippen LogP contribution in [0.4, 0.5) is 0 Å². The Morgan fingerprint density at radius 3 is 2.11 bits per heavy atom. The molecule has 0 saturated carbocycles. The summed E-state index contributed by atoms with van der Waals surface area (Å²) in [7, 11) is -1.29. The lowest BCUT2D eigenvalue weighted by Crippen LogP contribution is -2.47. The zero-order chi connectivity index (χ0) is 14.0. The van der Waals surface area contributed by atoms with Crippen molar-refractivity contribution < 1.29 is 0 Å². The molecule has 0 saturated heterocycles. The van der Waals surface area contributed by atoms with Gasteiger partial charge in [0.05, 0.1) is 0 Å². The SMILES string of the molecule is Cc1cc(C)c([SiH](CCl)c2ccccc2)c(C)c1C. The molecule has 0 heterocycles. The molecular weight excluding hydrogens is 268 g/mol. The van der Waals surface area contributed by atoms with E-state index < -0.39 is 8.80 Å². The van der Waals surface area contributed by atoms with Gasteiger partial charge in [-0.05, 0) is 44.4 Å². The number of hydrogen-bond acceptors (Lipinski definition) is 0. The van der Waals surface area contributed by atoms with Gasteiger partial charge in [-0.1, -0.05) is 52.3 Å². The van der Waals surface area contributed by atoms with Gasteiger partial charge in [0.15, 0.2) is 0 Å². The highest BCUT2D eigenvalue weighted by molar-refractivity contribution is 6.90. The van der Waals surface area contributed by atoms with Gasteiger partial charge in [-0.3, -0.25) is 0 Å². The third-order valence-corrected chi connectivity index (χ3v) is 8.13. The summed E-state index contributed by atoms with van der Waals surface area (Å²) in [5.74, 6) is 0. The molecule has 2 heteroatoms. The van der Waals surface area contributed by atoms with Crippen LogP contribution in [0.3, 0.4) is 0 Å². The standard InChI is InChI=1S/C17H21ClSi/c1-12-10-13(2)17(15(4)14(12)3)19(11-18)16-8-6-5-7-9-16/h5-10,19H,11H2,1-4H3. The van der Waals surface area contributed by atoms with Crippen molar-refractivity contribution in [1.29, 1.82) is 0 Å². The Hall–Kier alpha value is -1.05. The van der Waals surface area contributed by atoms with Crippen molar-refractivity contribution in [2.24, 2.45) is 0 Å². The topological polar surface area (TPSA) is 0 Å². The summed E-state index contributed by atoms with van der Waals surface area (Å²) in [5.41, 5.74) is 6.41. The number of benzene rings is 2. The van der Waals surface area contributed by atoms with Gasteiger partial charge in [0.25, 0.3) is 0 Å². The Morgan fingerprint density at radius 2 is 1.53 bits per heavy atom. The maximum absolute atomic E-state index is 6.33. The molecule has 0 radical (unpaired) electrons. The highest BCUT2D eigenvalue weighted by atomic mass is 35.5. The van der Waals surface area contributed by atoms with Crippen molar-refractivity contribution in [2.45, 2.75) is 27.7 Å². The summed E-state index contributed by atoms with van der Waals surface area (Å²) in [6.07, 6.45) is 0. The molecule has 0 aromatic heterocycles. The number of hydrogen-bond donors (Lipinski definition) is 0. The van der Waals surface area contributed by atoms with E-state index in [-0.39, 0.29) is 0 Å². The minimum Gasteiger partial charge on any atom is -0.130 e. The molecule has 0 aliphatic rings. The maximum Gasteiger partial charge on any atom is 0.118 e. The largest absolute Gasteiger partial charge is 0.130 e. The zero-order valence-corrected chi connectivity index (χ0v) is 14.0. The minimum atomic E-state index is -1.29. The molecule has 0 N–H and O–H groups in total. The first-order valence-corrected chi connectivity index (χ1v) is 9.25. The lowest BCUT2D eigenvalue weighted by atomic mass is 10.0. The zero-order valence-electron chi connectivity index (χ0n) is 12.1. The van der Waals surface area contributed by atoms with Crippen molar-refractivity contribution >= 4 is 30.8 Å². The minimum absolute atomic E-state index is 0.758. The van der Waals surface area contributed by atoms with Crippen molar-refractivity contribution in [1.82, 2.24) is 0 Å². The van der Waals surface area contributed by atoms with Gasteiger partial charge in [0.1, 0.15) is 8.80 Å². The molecule has 2 aromatic carbocycles. The number of halogens is 1. The lowest BCUT2D eigenvalue weighted by molar-refractivity contribution is 1.25. The third kappa shape index (κ3) is 2.77. The van der Waals surface area contributed by atoms with E-state index in [2.05, 4.69) is 64.1 Å². The fourth-order valence-corrected chi connectivity index (χ4v) is 6.58. The quantitative estimate of drug-likeness (QED) is 0.602. The molecule has 19 heavy (non-hydrogen) atoms. The molecular formula is C17H21ClSi. The highest BCUT2D eigenvalue weighted by Gasteiger charge is 2.20. The van der Waals surface area contributed by atoms with E-state index in [1.807, 2.05) is 0 Å². The molecule has 0 bridgehead atoms. The fourth-order valence-electron chi connectivity index (χ4n) is 2.86. The van der Waals surface area contributed by atoms with Crippen LogP contribution in [0.2, 0.25) is 0 Å². The van der Waals surface area contributed by atoms with Crippen LogP contribution in [0.25, 0.3) is 0 Å². The number of rotatable bonds is 3. The van der Waals surface area contributed by atoms with Gasteiger partial charge in [-0.15, -0.1) is 11.6 Å². The van der Waals surface area contributed by atoms with Crippen LogP contribution < -0.4 is 10.4 Å². The Bertz CT molecular complexity index is 576. The van der Waals surface area contributed by atoms with E-state index in [4.69, 9.17) is 11.6 Å². The van der Waals surface area contributed by atoms with Crippen LogP contribution in [0.5, 0.6) is 0 Å². The van der Waals surface area contributed by atoms with Crippen LogP contribution >= 0.6 is 11.6 Å². The van der Waals surface area contributed by atoms with Gasteiger partial charge in [0, 0.05) is 5.50 Å². The molecule has 0 spiro atoms. The summed E-state index contributed by atoms with van der Waals surface area (Å²) in [6, 6.07) is 13.1.